The predicted octanol–water partition coefficient (Wildman–Crippen LogP) is 1.33. The minimum absolute atomic E-state index is 0.176. The Morgan fingerprint density at radius 3 is 2.83 bits per heavy atom. The van der Waals surface area contributed by atoms with Crippen LogP contribution in [0.25, 0.3) is 0 Å². The number of rotatable bonds is 6. The number of hydrogen-bond donors (Lipinski definition) is 3. The fraction of sp³-hybridized carbons (Fsp3) is 0.438. The van der Waals surface area contributed by atoms with E-state index in [4.69, 9.17) is 9.47 Å². The Morgan fingerprint density at radius 1 is 1.25 bits per heavy atom. The lowest BCUT2D eigenvalue weighted by molar-refractivity contribution is 0.0372. The molecule has 0 aliphatic carbocycles. The molecular weight excluding hydrogens is 308 g/mol. The SMILES string of the molecule is COc1cnc(Nc2cc(NCC3CNCCO3)c(C)cn2)cn1. The van der Waals surface area contributed by atoms with Gasteiger partial charge in [-0.2, -0.15) is 0 Å². The van der Waals surface area contributed by atoms with E-state index in [9.17, 15) is 0 Å². The zero-order valence-corrected chi connectivity index (χ0v) is 13.9. The zero-order valence-electron chi connectivity index (χ0n) is 13.9. The van der Waals surface area contributed by atoms with Gasteiger partial charge in [0.2, 0.25) is 5.88 Å². The summed E-state index contributed by atoms with van der Waals surface area (Å²) in [4.78, 5) is 12.7. The second kappa shape index (κ2) is 7.89. The highest BCUT2D eigenvalue weighted by Gasteiger charge is 2.13. The molecule has 3 N–H and O–H groups in total. The van der Waals surface area contributed by atoms with E-state index in [2.05, 4.69) is 30.9 Å². The van der Waals surface area contributed by atoms with E-state index in [0.717, 1.165) is 37.5 Å². The van der Waals surface area contributed by atoms with Gasteiger partial charge in [0, 0.05) is 37.6 Å². The molecule has 0 saturated carbocycles. The van der Waals surface area contributed by atoms with Crippen LogP contribution in [-0.2, 0) is 4.74 Å². The molecule has 8 heteroatoms. The van der Waals surface area contributed by atoms with Crippen molar-refractivity contribution in [1.29, 1.82) is 0 Å². The van der Waals surface area contributed by atoms with Gasteiger partial charge in [-0.3, -0.25) is 0 Å². The Labute approximate surface area is 141 Å². The fourth-order valence-electron chi connectivity index (χ4n) is 2.37. The number of ether oxygens (including phenoxy) is 2. The van der Waals surface area contributed by atoms with Gasteiger partial charge >= 0.3 is 0 Å². The van der Waals surface area contributed by atoms with Crippen LogP contribution in [0.1, 0.15) is 5.56 Å². The first-order chi connectivity index (χ1) is 11.7. The Balaban J connectivity index is 1.63. The van der Waals surface area contributed by atoms with Crippen LogP contribution >= 0.6 is 0 Å². The monoisotopic (exact) mass is 330 g/mol. The van der Waals surface area contributed by atoms with Crippen LogP contribution in [-0.4, -0.2) is 54.4 Å². The summed E-state index contributed by atoms with van der Waals surface area (Å²) in [5, 5.41) is 9.89. The van der Waals surface area contributed by atoms with Crippen LogP contribution in [0.5, 0.6) is 5.88 Å². The first kappa shape index (κ1) is 16.4. The molecule has 3 heterocycles. The van der Waals surface area contributed by atoms with Gasteiger partial charge < -0.3 is 25.4 Å². The molecular formula is C16H22N6O2. The van der Waals surface area contributed by atoms with Crippen LogP contribution in [0.2, 0.25) is 0 Å². The highest BCUT2D eigenvalue weighted by molar-refractivity contribution is 5.61. The number of aryl methyl sites for hydroxylation is 1. The number of hydrogen-bond acceptors (Lipinski definition) is 8. The molecule has 3 rings (SSSR count). The molecule has 0 spiro atoms. The van der Waals surface area contributed by atoms with Gasteiger partial charge in [-0.25, -0.2) is 15.0 Å². The summed E-state index contributed by atoms with van der Waals surface area (Å²) in [7, 11) is 1.56. The molecule has 1 unspecified atom stereocenters. The van der Waals surface area contributed by atoms with Gasteiger partial charge in [-0.05, 0) is 12.5 Å². The van der Waals surface area contributed by atoms with Crippen LogP contribution < -0.4 is 20.7 Å². The second-order valence-corrected chi connectivity index (χ2v) is 5.53. The van der Waals surface area contributed by atoms with Crippen molar-refractivity contribution in [2.75, 3.05) is 44.0 Å². The standard InChI is InChI=1S/C16H22N6O2/c1-11-6-19-14(22-15-9-21-16(23-2)10-20-15)5-13(11)18-8-12-7-17-3-4-24-12/h5-6,9-10,12,17H,3-4,7-8H2,1-2H3,(H2,18,19,20,22). The van der Waals surface area contributed by atoms with Crippen molar-refractivity contribution in [2.45, 2.75) is 13.0 Å². The van der Waals surface area contributed by atoms with Gasteiger partial charge in [-0.1, -0.05) is 0 Å². The van der Waals surface area contributed by atoms with E-state index in [0.29, 0.717) is 17.5 Å². The minimum atomic E-state index is 0.176. The number of nitrogens with zero attached hydrogens (tertiary/aromatic N) is 3. The van der Waals surface area contributed by atoms with Crippen LogP contribution in [0.4, 0.5) is 17.3 Å². The van der Waals surface area contributed by atoms with Crippen molar-refractivity contribution in [2.24, 2.45) is 0 Å². The predicted molar refractivity (Wildman–Crippen MR) is 91.9 cm³/mol. The molecule has 128 valence electrons. The maximum absolute atomic E-state index is 5.70. The van der Waals surface area contributed by atoms with Crippen LogP contribution in [0.3, 0.4) is 0 Å². The molecule has 0 radical (unpaired) electrons. The third kappa shape index (κ3) is 4.30. The van der Waals surface area contributed by atoms with Gasteiger partial charge in [0.25, 0.3) is 0 Å². The zero-order chi connectivity index (χ0) is 16.8. The van der Waals surface area contributed by atoms with Crippen molar-refractivity contribution in [1.82, 2.24) is 20.3 Å². The maximum atomic E-state index is 5.70. The normalized spacial score (nSPS) is 17.3. The second-order valence-electron chi connectivity index (χ2n) is 5.53. The average molecular weight is 330 g/mol. The average Bonchev–Trinajstić information content (AvgIpc) is 2.63. The van der Waals surface area contributed by atoms with Crippen molar-refractivity contribution < 1.29 is 9.47 Å². The third-order valence-corrected chi connectivity index (χ3v) is 3.72. The van der Waals surface area contributed by atoms with E-state index in [1.807, 2.05) is 19.2 Å². The van der Waals surface area contributed by atoms with Gasteiger partial charge in [-0.15, -0.1) is 0 Å². The molecule has 0 aromatic carbocycles. The molecule has 2 aromatic rings. The number of methoxy groups -OCH3 is 1. The molecule has 8 nitrogen and oxygen atoms in total. The lowest BCUT2D eigenvalue weighted by Gasteiger charge is -2.24. The van der Waals surface area contributed by atoms with Crippen molar-refractivity contribution >= 4 is 17.3 Å². The van der Waals surface area contributed by atoms with Crippen LogP contribution in [0.15, 0.2) is 24.7 Å². The number of pyridine rings is 1. The molecule has 1 aliphatic heterocycles. The third-order valence-electron chi connectivity index (χ3n) is 3.72. The topological polar surface area (TPSA) is 93.2 Å². The molecule has 1 fully saturated rings. The van der Waals surface area contributed by atoms with E-state index in [1.165, 1.54) is 0 Å². The molecule has 24 heavy (non-hydrogen) atoms. The quantitative estimate of drug-likeness (QED) is 0.730. The smallest absolute Gasteiger partial charge is 0.232 e. The summed E-state index contributed by atoms with van der Waals surface area (Å²) in [6.07, 6.45) is 5.16. The summed E-state index contributed by atoms with van der Waals surface area (Å²) < 4.78 is 10.7. The molecule has 0 bridgehead atoms. The van der Waals surface area contributed by atoms with E-state index >= 15 is 0 Å². The molecule has 2 aromatic heterocycles. The largest absolute Gasteiger partial charge is 0.480 e. The van der Waals surface area contributed by atoms with Crippen molar-refractivity contribution in [3.05, 3.63) is 30.2 Å². The van der Waals surface area contributed by atoms with Gasteiger partial charge in [0.1, 0.15) is 11.6 Å². The van der Waals surface area contributed by atoms with E-state index in [1.54, 1.807) is 19.5 Å². The molecule has 0 amide bonds. The number of anilines is 3. The Kier molecular flexibility index (Phi) is 5.39. The number of aromatic nitrogens is 3. The fourth-order valence-corrected chi connectivity index (χ4v) is 2.37. The molecule has 1 aliphatic rings. The van der Waals surface area contributed by atoms with Crippen molar-refractivity contribution in [3.8, 4) is 5.88 Å². The van der Waals surface area contributed by atoms with Gasteiger partial charge in [0.15, 0.2) is 0 Å². The van der Waals surface area contributed by atoms with Crippen molar-refractivity contribution in [3.63, 3.8) is 0 Å². The summed E-state index contributed by atoms with van der Waals surface area (Å²) >= 11 is 0. The molecule has 1 atom stereocenters. The Morgan fingerprint density at radius 2 is 2.12 bits per heavy atom. The number of nitrogens with one attached hydrogen (secondary N) is 3. The minimum Gasteiger partial charge on any atom is -0.480 e. The molecule has 1 saturated heterocycles. The lowest BCUT2D eigenvalue weighted by Crippen LogP contribution is -2.42. The highest BCUT2D eigenvalue weighted by atomic mass is 16.5. The first-order valence-electron chi connectivity index (χ1n) is 7.90. The summed E-state index contributed by atoms with van der Waals surface area (Å²) in [5.74, 6) is 1.78. The Bertz CT molecular complexity index is 658. The highest BCUT2D eigenvalue weighted by Crippen LogP contribution is 2.20. The summed E-state index contributed by atoms with van der Waals surface area (Å²) in [6, 6.07) is 1.96. The lowest BCUT2D eigenvalue weighted by atomic mass is 10.2. The van der Waals surface area contributed by atoms with Crippen LogP contribution in [0, 0.1) is 6.92 Å². The van der Waals surface area contributed by atoms with E-state index < -0.39 is 0 Å². The van der Waals surface area contributed by atoms with Gasteiger partial charge in [0.05, 0.1) is 32.2 Å². The first-order valence-corrected chi connectivity index (χ1v) is 7.90. The summed E-state index contributed by atoms with van der Waals surface area (Å²) in [5.41, 5.74) is 2.09. The number of morpholine rings is 1. The maximum Gasteiger partial charge on any atom is 0.232 e. The summed E-state index contributed by atoms with van der Waals surface area (Å²) in [6.45, 7) is 5.31. The van der Waals surface area contributed by atoms with E-state index in [-0.39, 0.29) is 6.10 Å². The Hall–Kier alpha value is -2.45.